The molecule has 1 aliphatic rings. The number of rotatable bonds is 2. The molecule has 1 rings (SSSR count). The summed E-state index contributed by atoms with van der Waals surface area (Å²) in [4.78, 5) is 13.3. The first-order valence-electron chi connectivity index (χ1n) is 3.95. The number of hydrogen-bond donors (Lipinski definition) is 0. The fraction of sp³-hybridized carbons (Fsp3) is 0.444. The third kappa shape index (κ3) is 2.06. The SMILES string of the molecule is COC(=O)C1=C(SC)N(C)CC=C1. The van der Waals surface area contributed by atoms with Crippen molar-refractivity contribution in [3.8, 4) is 0 Å². The molecule has 0 amide bonds. The Morgan fingerprint density at radius 3 is 2.92 bits per heavy atom. The zero-order valence-corrected chi connectivity index (χ0v) is 8.85. The molecule has 0 saturated carbocycles. The van der Waals surface area contributed by atoms with Crippen LogP contribution in [0.1, 0.15) is 0 Å². The molecule has 1 heterocycles. The second kappa shape index (κ2) is 4.37. The van der Waals surface area contributed by atoms with Crippen LogP contribution in [0, 0.1) is 0 Å². The molecule has 0 fully saturated rings. The molecule has 0 unspecified atom stereocenters. The van der Waals surface area contributed by atoms with Gasteiger partial charge in [-0.15, -0.1) is 11.8 Å². The van der Waals surface area contributed by atoms with Crippen LogP contribution in [-0.4, -0.2) is 37.8 Å². The van der Waals surface area contributed by atoms with Crippen molar-refractivity contribution in [3.63, 3.8) is 0 Å². The number of ether oxygens (including phenoxy) is 1. The van der Waals surface area contributed by atoms with E-state index in [4.69, 9.17) is 0 Å². The van der Waals surface area contributed by atoms with Crippen molar-refractivity contribution in [1.29, 1.82) is 0 Å². The van der Waals surface area contributed by atoms with E-state index in [2.05, 4.69) is 4.74 Å². The van der Waals surface area contributed by atoms with E-state index >= 15 is 0 Å². The van der Waals surface area contributed by atoms with E-state index in [0.29, 0.717) is 5.57 Å². The van der Waals surface area contributed by atoms with Gasteiger partial charge in [0, 0.05) is 13.6 Å². The smallest absolute Gasteiger partial charge is 0.340 e. The number of hydrogen-bond acceptors (Lipinski definition) is 4. The number of nitrogens with zero attached hydrogens (tertiary/aromatic N) is 1. The number of carbonyl (C=O) groups excluding carboxylic acids is 1. The fourth-order valence-corrected chi connectivity index (χ4v) is 1.98. The zero-order chi connectivity index (χ0) is 9.84. The summed E-state index contributed by atoms with van der Waals surface area (Å²) in [5.74, 6) is -0.271. The molecule has 0 aromatic rings. The third-order valence-corrected chi connectivity index (χ3v) is 2.76. The van der Waals surface area contributed by atoms with Crippen LogP contribution in [0.2, 0.25) is 0 Å². The van der Waals surface area contributed by atoms with Crippen LogP contribution < -0.4 is 0 Å². The van der Waals surface area contributed by atoms with Gasteiger partial charge in [-0.1, -0.05) is 6.08 Å². The van der Waals surface area contributed by atoms with Crippen molar-refractivity contribution in [3.05, 3.63) is 22.8 Å². The van der Waals surface area contributed by atoms with Gasteiger partial charge in [-0.2, -0.15) is 0 Å². The summed E-state index contributed by atoms with van der Waals surface area (Å²) < 4.78 is 4.68. The highest BCUT2D eigenvalue weighted by Crippen LogP contribution is 2.24. The molecule has 4 heteroatoms. The summed E-state index contributed by atoms with van der Waals surface area (Å²) in [6, 6.07) is 0. The van der Waals surface area contributed by atoms with Crippen LogP contribution in [0.5, 0.6) is 0 Å². The Hall–Kier alpha value is -0.900. The summed E-state index contributed by atoms with van der Waals surface area (Å²) >= 11 is 1.56. The molecule has 1 aliphatic heterocycles. The van der Waals surface area contributed by atoms with E-state index in [-0.39, 0.29) is 5.97 Å². The lowest BCUT2D eigenvalue weighted by Gasteiger charge is -2.24. The summed E-state index contributed by atoms with van der Waals surface area (Å²) in [6.07, 6.45) is 5.72. The predicted molar refractivity (Wildman–Crippen MR) is 54.3 cm³/mol. The molecule has 0 spiro atoms. The molecular weight excluding hydrogens is 186 g/mol. The standard InChI is InChI=1S/C9H13NO2S/c1-10-6-4-5-7(8(10)13-3)9(11)12-2/h4-5H,6H2,1-3H3. The monoisotopic (exact) mass is 199 g/mol. The predicted octanol–water partition coefficient (Wildman–Crippen LogP) is 1.24. The van der Waals surface area contributed by atoms with E-state index < -0.39 is 0 Å². The topological polar surface area (TPSA) is 29.5 Å². The Kier molecular flexibility index (Phi) is 3.42. The van der Waals surface area contributed by atoms with Crippen molar-refractivity contribution in [1.82, 2.24) is 4.90 Å². The second-order valence-corrected chi connectivity index (χ2v) is 3.49. The summed E-state index contributed by atoms with van der Waals surface area (Å²) in [6.45, 7) is 0.844. The second-order valence-electron chi connectivity index (χ2n) is 2.70. The minimum absolute atomic E-state index is 0.271. The number of methoxy groups -OCH3 is 1. The molecule has 13 heavy (non-hydrogen) atoms. The maximum absolute atomic E-state index is 11.3. The average molecular weight is 199 g/mol. The zero-order valence-electron chi connectivity index (χ0n) is 8.03. The Morgan fingerprint density at radius 2 is 2.38 bits per heavy atom. The van der Waals surface area contributed by atoms with Gasteiger partial charge in [0.15, 0.2) is 0 Å². The number of esters is 1. The Balaban J connectivity index is 2.99. The van der Waals surface area contributed by atoms with Gasteiger partial charge in [-0.05, 0) is 12.3 Å². The van der Waals surface area contributed by atoms with Crippen molar-refractivity contribution in [2.45, 2.75) is 0 Å². The van der Waals surface area contributed by atoms with Gasteiger partial charge >= 0.3 is 5.97 Å². The highest BCUT2D eigenvalue weighted by Gasteiger charge is 2.18. The lowest BCUT2D eigenvalue weighted by Crippen LogP contribution is -2.23. The Labute approximate surface area is 82.4 Å². The molecule has 0 atom stereocenters. The minimum atomic E-state index is -0.271. The Morgan fingerprint density at radius 1 is 1.69 bits per heavy atom. The molecule has 72 valence electrons. The quantitative estimate of drug-likeness (QED) is 0.626. The highest BCUT2D eigenvalue weighted by atomic mass is 32.2. The largest absolute Gasteiger partial charge is 0.465 e. The van der Waals surface area contributed by atoms with Crippen molar-refractivity contribution in [2.24, 2.45) is 0 Å². The molecule has 0 aromatic heterocycles. The first kappa shape index (κ1) is 10.2. The first-order chi connectivity index (χ1) is 6.20. The van der Waals surface area contributed by atoms with Gasteiger partial charge in [-0.25, -0.2) is 4.79 Å². The van der Waals surface area contributed by atoms with Gasteiger partial charge in [-0.3, -0.25) is 0 Å². The van der Waals surface area contributed by atoms with Crippen LogP contribution in [0.25, 0.3) is 0 Å². The molecule has 0 radical (unpaired) electrons. The fourth-order valence-electron chi connectivity index (χ4n) is 1.22. The van der Waals surface area contributed by atoms with Crippen LogP contribution in [0.3, 0.4) is 0 Å². The van der Waals surface area contributed by atoms with E-state index in [1.165, 1.54) is 7.11 Å². The number of thioether (sulfide) groups is 1. The summed E-state index contributed by atoms with van der Waals surface area (Å²) in [5, 5.41) is 0.967. The van der Waals surface area contributed by atoms with E-state index in [0.717, 1.165) is 11.6 Å². The van der Waals surface area contributed by atoms with E-state index in [9.17, 15) is 4.79 Å². The minimum Gasteiger partial charge on any atom is -0.465 e. The van der Waals surface area contributed by atoms with Crippen LogP contribution in [-0.2, 0) is 9.53 Å². The molecule has 0 saturated heterocycles. The number of likely N-dealkylation sites (N-methyl/N-ethyl adjacent to an activating group) is 1. The van der Waals surface area contributed by atoms with Gasteiger partial charge < -0.3 is 9.64 Å². The molecular formula is C9H13NO2S. The first-order valence-corrected chi connectivity index (χ1v) is 5.17. The molecule has 0 bridgehead atoms. The van der Waals surface area contributed by atoms with Crippen molar-refractivity contribution in [2.75, 3.05) is 27.0 Å². The van der Waals surface area contributed by atoms with Crippen LogP contribution in [0.4, 0.5) is 0 Å². The lowest BCUT2D eigenvalue weighted by molar-refractivity contribution is -0.135. The van der Waals surface area contributed by atoms with Gasteiger partial charge in [0.2, 0.25) is 0 Å². The van der Waals surface area contributed by atoms with Crippen molar-refractivity contribution >= 4 is 17.7 Å². The van der Waals surface area contributed by atoms with Crippen molar-refractivity contribution < 1.29 is 9.53 Å². The van der Waals surface area contributed by atoms with E-state index in [1.54, 1.807) is 11.8 Å². The van der Waals surface area contributed by atoms with Crippen LogP contribution >= 0.6 is 11.8 Å². The average Bonchev–Trinajstić information content (AvgIpc) is 2.16. The van der Waals surface area contributed by atoms with Crippen LogP contribution in [0.15, 0.2) is 22.8 Å². The summed E-state index contributed by atoms with van der Waals surface area (Å²) in [5.41, 5.74) is 0.642. The maximum Gasteiger partial charge on any atom is 0.340 e. The molecule has 0 N–H and O–H groups in total. The van der Waals surface area contributed by atoms with Gasteiger partial charge in [0.05, 0.1) is 17.7 Å². The number of carbonyl (C=O) groups is 1. The third-order valence-electron chi connectivity index (χ3n) is 1.84. The normalized spacial score (nSPS) is 16.4. The molecule has 3 nitrogen and oxygen atoms in total. The lowest BCUT2D eigenvalue weighted by atomic mass is 10.2. The highest BCUT2D eigenvalue weighted by molar-refractivity contribution is 8.02. The van der Waals surface area contributed by atoms with Gasteiger partial charge in [0.1, 0.15) is 0 Å². The van der Waals surface area contributed by atoms with Gasteiger partial charge in [0.25, 0.3) is 0 Å². The Bertz CT molecular complexity index is 271. The summed E-state index contributed by atoms with van der Waals surface area (Å²) in [7, 11) is 3.36. The van der Waals surface area contributed by atoms with E-state index in [1.807, 2.05) is 30.4 Å². The molecule has 0 aromatic carbocycles. The maximum atomic E-state index is 11.3. The molecule has 0 aliphatic carbocycles.